The SMILES string of the molecule is COc1cc(F)c(F)cc1NC(C)=O. The van der Waals surface area contributed by atoms with Crippen molar-refractivity contribution in [2.75, 3.05) is 12.4 Å². The van der Waals surface area contributed by atoms with Crippen molar-refractivity contribution in [1.29, 1.82) is 0 Å². The van der Waals surface area contributed by atoms with Crippen LogP contribution in [0.1, 0.15) is 6.92 Å². The first kappa shape index (κ1) is 10.4. The van der Waals surface area contributed by atoms with Crippen LogP contribution < -0.4 is 10.1 Å². The van der Waals surface area contributed by atoms with Crippen molar-refractivity contribution in [3.63, 3.8) is 0 Å². The Morgan fingerprint density at radius 1 is 1.36 bits per heavy atom. The van der Waals surface area contributed by atoms with Crippen LogP contribution in [0.2, 0.25) is 0 Å². The Morgan fingerprint density at radius 3 is 2.43 bits per heavy atom. The van der Waals surface area contributed by atoms with Gasteiger partial charge in [-0.05, 0) is 0 Å². The number of halogens is 2. The molecule has 0 aliphatic carbocycles. The van der Waals surface area contributed by atoms with Gasteiger partial charge in [-0.2, -0.15) is 0 Å². The van der Waals surface area contributed by atoms with E-state index < -0.39 is 11.6 Å². The smallest absolute Gasteiger partial charge is 0.221 e. The lowest BCUT2D eigenvalue weighted by atomic mass is 10.2. The van der Waals surface area contributed by atoms with Gasteiger partial charge in [0.15, 0.2) is 11.6 Å². The molecule has 3 nitrogen and oxygen atoms in total. The molecule has 1 aromatic carbocycles. The lowest BCUT2D eigenvalue weighted by Crippen LogP contribution is -2.08. The summed E-state index contributed by atoms with van der Waals surface area (Å²) >= 11 is 0. The summed E-state index contributed by atoms with van der Waals surface area (Å²) in [6, 6.07) is 1.75. The summed E-state index contributed by atoms with van der Waals surface area (Å²) in [5, 5.41) is 2.32. The molecule has 0 heterocycles. The number of hydrogen-bond acceptors (Lipinski definition) is 2. The predicted octanol–water partition coefficient (Wildman–Crippen LogP) is 1.93. The number of methoxy groups -OCH3 is 1. The molecule has 0 aromatic heterocycles. The van der Waals surface area contributed by atoms with E-state index in [4.69, 9.17) is 4.74 Å². The van der Waals surface area contributed by atoms with Gasteiger partial charge in [0.05, 0.1) is 12.8 Å². The third-order valence-corrected chi connectivity index (χ3v) is 1.55. The number of nitrogens with one attached hydrogen (secondary N) is 1. The molecular weight excluding hydrogens is 192 g/mol. The van der Waals surface area contributed by atoms with E-state index in [2.05, 4.69) is 5.32 Å². The molecule has 1 amide bonds. The molecular formula is C9H9F2NO2. The molecule has 0 radical (unpaired) electrons. The summed E-state index contributed by atoms with van der Waals surface area (Å²) in [5.41, 5.74) is 0.110. The van der Waals surface area contributed by atoms with Crippen LogP contribution in [0.4, 0.5) is 14.5 Å². The predicted molar refractivity (Wildman–Crippen MR) is 47.2 cm³/mol. The Balaban J connectivity index is 3.13. The molecule has 0 bridgehead atoms. The van der Waals surface area contributed by atoms with Crippen molar-refractivity contribution in [2.45, 2.75) is 6.92 Å². The van der Waals surface area contributed by atoms with E-state index in [0.717, 1.165) is 12.1 Å². The normalized spacial score (nSPS) is 9.71. The van der Waals surface area contributed by atoms with E-state index in [0.29, 0.717) is 0 Å². The van der Waals surface area contributed by atoms with Crippen LogP contribution in [-0.2, 0) is 4.79 Å². The Hall–Kier alpha value is -1.65. The molecule has 0 atom stereocenters. The van der Waals surface area contributed by atoms with Crippen molar-refractivity contribution in [2.24, 2.45) is 0 Å². The molecule has 0 saturated heterocycles. The molecule has 1 aromatic rings. The first-order valence-electron chi connectivity index (χ1n) is 3.85. The fourth-order valence-corrected chi connectivity index (χ4v) is 0.985. The number of hydrogen-bond donors (Lipinski definition) is 1. The number of benzene rings is 1. The maximum Gasteiger partial charge on any atom is 0.221 e. The lowest BCUT2D eigenvalue weighted by molar-refractivity contribution is -0.114. The van der Waals surface area contributed by atoms with Crippen LogP contribution in [0.5, 0.6) is 5.75 Å². The van der Waals surface area contributed by atoms with Gasteiger partial charge in [-0.3, -0.25) is 4.79 Å². The van der Waals surface area contributed by atoms with Gasteiger partial charge < -0.3 is 10.1 Å². The zero-order valence-corrected chi connectivity index (χ0v) is 7.73. The standard InChI is InChI=1S/C9H9F2NO2/c1-5(13)12-8-3-6(10)7(11)4-9(8)14-2/h3-4H,1-2H3,(H,12,13). The molecule has 0 unspecified atom stereocenters. The number of anilines is 1. The molecule has 0 aliphatic rings. The Morgan fingerprint density at radius 2 is 1.93 bits per heavy atom. The summed E-state index contributed by atoms with van der Waals surface area (Å²) in [4.78, 5) is 10.7. The van der Waals surface area contributed by atoms with Gasteiger partial charge in [0.1, 0.15) is 5.75 Å². The van der Waals surface area contributed by atoms with Gasteiger partial charge in [0.2, 0.25) is 5.91 Å². The number of amides is 1. The molecule has 1 rings (SSSR count). The second kappa shape index (κ2) is 4.04. The number of carbonyl (C=O) groups excluding carboxylic acids is 1. The highest BCUT2D eigenvalue weighted by Crippen LogP contribution is 2.26. The van der Waals surface area contributed by atoms with Gasteiger partial charge in [-0.1, -0.05) is 0 Å². The van der Waals surface area contributed by atoms with Crippen LogP contribution in [0, 0.1) is 11.6 Å². The number of ether oxygens (including phenoxy) is 1. The van der Waals surface area contributed by atoms with Crippen molar-refractivity contribution in [3.05, 3.63) is 23.8 Å². The number of carbonyl (C=O) groups is 1. The zero-order valence-electron chi connectivity index (χ0n) is 7.73. The van der Waals surface area contributed by atoms with Gasteiger partial charge in [-0.25, -0.2) is 8.78 Å². The molecule has 14 heavy (non-hydrogen) atoms. The Bertz CT molecular complexity index is 366. The first-order chi connectivity index (χ1) is 6.54. The van der Waals surface area contributed by atoms with Crippen molar-refractivity contribution >= 4 is 11.6 Å². The largest absolute Gasteiger partial charge is 0.494 e. The molecule has 76 valence electrons. The van der Waals surface area contributed by atoms with Crippen LogP contribution in [0.3, 0.4) is 0 Å². The molecule has 5 heteroatoms. The fourth-order valence-electron chi connectivity index (χ4n) is 0.985. The second-order valence-corrected chi connectivity index (χ2v) is 2.65. The maximum absolute atomic E-state index is 12.8. The third-order valence-electron chi connectivity index (χ3n) is 1.55. The minimum Gasteiger partial charge on any atom is -0.494 e. The summed E-state index contributed by atoms with van der Waals surface area (Å²) < 4.78 is 30.2. The Labute approximate surface area is 79.7 Å². The summed E-state index contributed by atoms with van der Waals surface area (Å²) in [5.74, 6) is -2.35. The fraction of sp³-hybridized carbons (Fsp3) is 0.222. The zero-order chi connectivity index (χ0) is 10.7. The average Bonchev–Trinajstić information content (AvgIpc) is 2.10. The third kappa shape index (κ3) is 2.18. The lowest BCUT2D eigenvalue weighted by Gasteiger charge is -2.08. The van der Waals surface area contributed by atoms with Gasteiger partial charge >= 0.3 is 0 Å². The summed E-state index contributed by atoms with van der Waals surface area (Å²) in [6.07, 6.45) is 0. The van der Waals surface area contributed by atoms with Gasteiger partial charge in [0, 0.05) is 19.1 Å². The molecule has 0 aliphatic heterocycles. The van der Waals surface area contributed by atoms with Crippen LogP contribution in [0.15, 0.2) is 12.1 Å². The highest BCUT2D eigenvalue weighted by atomic mass is 19.2. The molecule has 0 saturated carbocycles. The first-order valence-corrected chi connectivity index (χ1v) is 3.85. The van der Waals surface area contributed by atoms with Gasteiger partial charge in [-0.15, -0.1) is 0 Å². The van der Waals surface area contributed by atoms with E-state index in [1.165, 1.54) is 14.0 Å². The molecule has 0 spiro atoms. The van der Waals surface area contributed by atoms with Crippen molar-refractivity contribution in [1.82, 2.24) is 0 Å². The monoisotopic (exact) mass is 201 g/mol. The topological polar surface area (TPSA) is 38.3 Å². The van der Waals surface area contributed by atoms with E-state index in [-0.39, 0.29) is 17.3 Å². The minimum absolute atomic E-state index is 0.0825. The van der Waals surface area contributed by atoms with E-state index in [1.807, 2.05) is 0 Å². The highest BCUT2D eigenvalue weighted by Gasteiger charge is 2.10. The van der Waals surface area contributed by atoms with Gasteiger partial charge in [0.25, 0.3) is 0 Å². The van der Waals surface area contributed by atoms with Crippen LogP contribution in [-0.4, -0.2) is 13.0 Å². The molecule has 1 N–H and O–H groups in total. The van der Waals surface area contributed by atoms with Crippen LogP contribution in [0.25, 0.3) is 0 Å². The number of rotatable bonds is 2. The summed E-state index contributed by atoms with van der Waals surface area (Å²) in [6.45, 7) is 1.26. The van der Waals surface area contributed by atoms with Crippen molar-refractivity contribution < 1.29 is 18.3 Å². The highest BCUT2D eigenvalue weighted by molar-refractivity contribution is 5.90. The average molecular weight is 201 g/mol. The van der Waals surface area contributed by atoms with E-state index in [9.17, 15) is 13.6 Å². The Kier molecular flexibility index (Phi) is 3.01. The minimum atomic E-state index is -1.03. The quantitative estimate of drug-likeness (QED) is 0.793. The van der Waals surface area contributed by atoms with E-state index >= 15 is 0 Å². The van der Waals surface area contributed by atoms with Crippen LogP contribution >= 0.6 is 0 Å². The van der Waals surface area contributed by atoms with Crippen molar-refractivity contribution in [3.8, 4) is 5.75 Å². The maximum atomic E-state index is 12.8. The van der Waals surface area contributed by atoms with E-state index in [1.54, 1.807) is 0 Å². The molecule has 0 fully saturated rings. The summed E-state index contributed by atoms with van der Waals surface area (Å²) in [7, 11) is 1.30. The second-order valence-electron chi connectivity index (χ2n) is 2.65.